The van der Waals surface area contributed by atoms with Crippen LogP contribution in [0.4, 0.5) is 13.2 Å². The lowest BCUT2D eigenvalue weighted by Crippen LogP contribution is -2.31. The molecule has 0 atom stereocenters. The number of thiophene rings is 1. The summed E-state index contributed by atoms with van der Waals surface area (Å²) < 4.78 is 46.7. The SMILES string of the molecule is Cc1c(-c2ccc(Oc3ccn4nccc4c3)nc2)sc2c1c(=O)[nH]c(=O)n2CCC(F)(F)F. The first-order valence-electron chi connectivity index (χ1n) is 10.1. The summed E-state index contributed by atoms with van der Waals surface area (Å²) in [6, 6.07) is 8.79. The van der Waals surface area contributed by atoms with Gasteiger partial charge in [0, 0.05) is 47.7 Å². The zero-order chi connectivity index (χ0) is 24.0. The Kier molecular flexibility index (Phi) is 5.24. The molecule has 0 aliphatic heterocycles. The van der Waals surface area contributed by atoms with Gasteiger partial charge in [-0.3, -0.25) is 14.3 Å². The highest BCUT2D eigenvalue weighted by atomic mass is 32.1. The fraction of sp³-hybridized carbons (Fsp3) is 0.182. The third-order valence-corrected chi connectivity index (χ3v) is 6.64. The van der Waals surface area contributed by atoms with E-state index < -0.39 is 30.4 Å². The number of nitrogens with zero attached hydrogens (tertiary/aromatic N) is 4. The van der Waals surface area contributed by atoms with Crippen molar-refractivity contribution in [3.05, 3.63) is 75.3 Å². The largest absolute Gasteiger partial charge is 0.439 e. The Labute approximate surface area is 192 Å². The molecule has 0 fully saturated rings. The third kappa shape index (κ3) is 4.07. The van der Waals surface area contributed by atoms with Gasteiger partial charge in [0.15, 0.2) is 0 Å². The van der Waals surface area contributed by atoms with Crippen LogP contribution in [0.3, 0.4) is 0 Å². The van der Waals surface area contributed by atoms with Crippen LogP contribution < -0.4 is 16.0 Å². The zero-order valence-corrected chi connectivity index (χ0v) is 18.4. The van der Waals surface area contributed by atoms with E-state index in [-0.39, 0.29) is 10.2 Å². The molecule has 1 N–H and O–H groups in total. The number of hydrogen-bond donors (Lipinski definition) is 1. The van der Waals surface area contributed by atoms with E-state index in [2.05, 4.69) is 15.1 Å². The molecule has 0 radical (unpaired) electrons. The number of aromatic nitrogens is 5. The molecule has 0 bridgehead atoms. The minimum atomic E-state index is -4.43. The van der Waals surface area contributed by atoms with Crippen LogP contribution in [0.25, 0.3) is 26.2 Å². The van der Waals surface area contributed by atoms with Crippen molar-refractivity contribution in [2.24, 2.45) is 0 Å². The van der Waals surface area contributed by atoms with Gasteiger partial charge in [-0.15, -0.1) is 11.3 Å². The van der Waals surface area contributed by atoms with Crippen LogP contribution in [0.2, 0.25) is 0 Å². The van der Waals surface area contributed by atoms with Crippen molar-refractivity contribution in [2.45, 2.75) is 26.1 Å². The minimum Gasteiger partial charge on any atom is -0.439 e. The molecule has 0 spiro atoms. The van der Waals surface area contributed by atoms with E-state index in [1.54, 1.807) is 48.2 Å². The van der Waals surface area contributed by atoms with Crippen LogP contribution in [0.1, 0.15) is 12.0 Å². The second kappa shape index (κ2) is 8.13. The highest BCUT2D eigenvalue weighted by molar-refractivity contribution is 7.22. The van der Waals surface area contributed by atoms with E-state index >= 15 is 0 Å². The van der Waals surface area contributed by atoms with Gasteiger partial charge in [0.25, 0.3) is 5.56 Å². The van der Waals surface area contributed by atoms with Gasteiger partial charge in [-0.25, -0.2) is 14.3 Å². The molecule has 0 unspecified atom stereocenters. The topological polar surface area (TPSA) is 94.3 Å². The number of H-pyrrole nitrogens is 1. The quantitative estimate of drug-likeness (QED) is 0.394. The van der Waals surface area contributed by atoms with E-state index in [0.29, 0.717) is 27.6 Å². The molecule has 5 rings (SSSR count). The molecular formula is C22H16F3N5O3S. The molecule has 8 nitrogen and oxygen atoms in total. The maximum Gasteiger partial charge on any atom is 0.390 e. The van der Waals surface area contributed by atoms with Crippen LogP contribution in [0, 0.1) is 6.92 Å². The Hall–Kier alpha value is -3.93. The van der Waals surface area contributed by atoms with Crippen molar-refractivity contribution in [2.75, 3.05) is 0 Å². The number of hydrogen-bond acceptors (Lipinski definition) is 6. The molecule has 174 valence electrons. The van der Waals surface area contributed by atoms with E-state index in [0.717, 1.165) is 21.4 Å². The van der Waals surface area contributed by atoms with Crippen molar-refractivity contribution < 1.29 is 17.9 Å². The summed E-state index contributed by atoms with van der Waals surface area (Å²) in [5, 5.41) is 4.32. The van der Waals surface area contributed by atoms with Crippen molar-refractivity contribution in [1.29, 1.82) is 0 Å². The Balaban J connectivity index is 1.48. The molecule has 0 saturated carbocycles. The first-order chi connectivity index (χ1) is 16.2. The Morgan fingerprint density at radius 3 is 2.74 bits per heavy atom. The lowest BCUT2D eigenvalue weighted by molar-refractivity contribution is -0.136. The summed E-state index contributed by atoms with van der Waals surface area (Å²) in [5.74, 6) is 0.915. The number of aryl methyl sites for hydroxylation is 2. The molecule has 5 heterocycles. The first-order valence-corrected chi connectivity index (χ1v) is 10.9. The van der Waals surface area contributed by atoms with Crippen molar-refractivity contribution in [3.8, 4) is 22.1 Å². The molecule has 0 aromatic carbocycles. The number of alkyl halides is 3. The van der Waals surface area contributed by atoms with Gasteiger partial charge in [-0.05, 0) is 30.7 Å². The first kappa shape index (κ1) is 21.9. The van der Waals surface area contributed by atoms with Crippen LogP contribution in [-0.4, -0.2) is 30.3 Å². The van der Waals surface area contributed by atoms with E-state index in [1.165, 1.54) is 0 Å². The Morgan fingerprint density at radius 1 is 1.18 bits per heavy atom. The Morgan fingerprint density at radius 2 is 2.00 bits per heavy atom. The molecule has 0 aliphatic carbocycles. The third-order valence-electron chi connectivity index (χ3n) is 5.28. The van der Waals surface area contributed by atoms with Crippen LogP contribution in [-0.2, 0) is 6.54 Å². The summed E-state index contributed by atoms with van der Waals surface area (Å²) >= 11 is 1.08. The maximum absolute atomic E-state index is 12.7. The highest BCUT2D eigenvalue weighted by Gasteiger charge is 2.28. The van der Waals surface area contributed by atoms with E-state index in [4.69, 9.17) is 4.74 Å². The van der Waals surface area contributed by atoms with Gasteiger partial charge < -0.3 is 4.74 Å². The number of pyridine rings is 2. The van der Waals surface area contributed by atoms with Gasteiger partial charge in [0.1, 0.15) is 10.6 Å². The van der Waals surface area contributed by atoms with E-state index in [1.807, 2.05) is 12.1 Å². The molecule has 0 aliphatic rings. The summed E-state index contributed by atoms with van der Waals surface area (Å²) in [7, 11) is 0. The smallest absolute Gasteiger partial charge is 0.390 e. The summed E-state index contributed by atoms with van der Waals surface area (Å²) in [5.41, 5.74) is 0.560. The number of halogens is 3. The lowest BCUT2D eigenvalue weighted by atomic mass is 10.1. The Bertz CT molecular complexity index is 1630. The monoisotopic (exact) mass is 487 g/mol. The summed E-state index contributed by atoms with van der Waals surface area (Å²) in [6.07, 6.45) is -0.627. The summed E-state index contributed by atoms with van der Waals surface area (Å²) in [6.45, 7) is 1.11. The van der Waals surface area contributed by atoms with Crippen LogP contribution >= 0.6 is 11.3 Å². The average Bonchev–Trinajstić information content (AvgIpc) is 3.37. The molecule has 5 aromatic heterocycles. The van der Waals surface area contributed by atoms with Gasteiger partial charge >= 0.3 is 11.9 Å². The lowest BCUT2D eigenvalue weighted by Gasteiger charge is -2.09. The molecule has 12 heteroatoms. The number of ether oxygens (including phenoxy) is 1. The fourth-order valence-corrected chi connectivity index (χ4v) is 4.97. The zero-order valence-electron chi connectivity index (χ0n) is 17.6. The second-order valence-electron chi connectivity index (χ2n) is 7.56. The predicted octanol–water partition coefficient (Wildman–Crippen LogP) is 4.51. The minimum absolute atomic E-state index is 0.191. The highest BCUT2D eigenvalue weighted by Crippen LogP contribution is 2.37. The number of rotatable bonds is 5. The van der Waals surface area contributed by atoms with Crippen LogP contribution in [0.5, 0.6) is 11.6 Å². The summed E-state index contributed by atoms with van der Waals surface area (Å²) in [4.78, 5) is 31.9. The van der Waals surface area contributed by atoms with Gasteiger partial charge in [-0.1, -0.05) is 0 Å². The molecular weight excluding hydrogens is 471 g/mol. The van der Waals surface area contributed by atoms with Crippen LogP contribution in [0.15, 0.2) is 58.5 Å². The van der Waals surface area contributed by atoms with Gasteiger partial charge in [0.05, 0.1) is 17.3 Å². The van der Waals surface area contributed by atoms with Crippen molar-refractivity contribution in [3.63, 3.8) is 0 Å². The van der Waals surface area contributed by atoms with Crippen molar-refractivity contribution >= 4 is 27.1 Å². The molecule has 34 heavy (non-hydrogen) atoms. The van der Waals surface area contributed by atoms with Gasteiger partial charge in [-0.2, -0.15) is 18.3 Å². The van der Waals surface area contributed by atoms with Gasteiger partial charge in [0.2, 0.25) is 5.88 Å². The average molecular weight is 487 g/mol. The fourth-order valence-electron chi connectivity index (χ4n) is 3.65. The molecule has 5 aromatic rings. The van der Waals surface area contributed by atoms with Crippen molar-refractivity contribution in [1.82, 2.24) is 24.1 Å². The maximum atomic E-state index is 12.7. The number of aromatic amines is 1. The molecule has 0 saturated heterocycles. The standard InChI is InChI=1S/C22H16F3N5O3S/c1-12-17-19(31)28-21(32)29(9-6-22(23,24)25)20(17)34-18(12)13-2-3-16(26-11-13)33-15-5-8-30-14(10-15)4-7-27-30/h2-5,7-8,10-11H,6,9H2,1H3,(H,28,31,32). The normalized spacial score (nSPS) is 12.0. The predicted molar refractivity (Wildman–Crippen MR) is 121 cm³/mol. The van der Waals surface area contributed by atoms with E-state index in [9.17, 15) is 22.8 Å². The molecule has 0 amide bonds. The number of nitrogens with one attached hydrogen (secondary N) is 1. The second-order valence-corrected chi connectivity index (χ2v) is 8.56. The number of fused-ring (bicyclic) bond motifs is 2.